The molecule has 0 saturated carbocycles. The Balaban J connectivity index is 0.00000176. The van der Waals surface area contributed by atoms with Crippen LogP contribution in [0.4, 0.5) is 4.39 Å². The summed E-state index contributed by atoms with van der Waals surface area (Å²) in [6.45, 7) is 5.62. The molecule has 0 aromatic heterocycles. The van der Waals surface area contributed by atoms with E-state index in [0.29, 0.717) is 16.1 Å². The fourth-order valence-corrected chi connectivity index (χ4v) is 3.33. The lowest BCUT2D eigenvalue weighted by atomic mass is 10.2. The summed E-state index contributed by atoms with van der Waals surface area (Å²) >= 11 is 3.11. The SMILES string of the molecule is Cl.O=C(c1ccc(Br)c(F)c1)N1CCC(N2CCNCC2)C1. The topological polar surface area (TPSA) is 35.6 Å². The molecule has 4 nitrogen and oxygen atoms in total. The fraction of sp³-hybridized carbons (Fsp3) is 0.533. The fourth-order valence-electron chi connectivity index (χ4n) is 3.08. The Morgan fingerprint density at radius 2 is 2.00 bits per heavy atom. The number of rotatable bonds is 2. The summed E-state index contributed by atoms with van der Waals surface area (Å²) in [6.07, 6.45) is 1.00. The van der Waals surface area contributed by atoms with Crippen molar-refractivity contribution in [2.75, 3.05) is 39.3 Å². The van der Waals surface area contributed by atoms with Gasteiger partial charge in [-0.2, -0.15) is 0 Å². The highest BCUT2D eigenvalue weighted by Gasteiger charge is 2.31. The highest BCUT2D eigenvalue weighted by molar-refractivity contribution is 9.10. The Kier molecular flexibility index (Phi) is 6.20. The minimum absolute atomic E-state index is 0. The minimum atomic E-state index is -0.390. The molecule has 1 unspecified atom stereocenters. The first-order valence-corrected chi connectivity index (χ1v) is 8.13. The average Bonchev–Trinajstić information content (AvgIpc) is 3.00. The zero-order valence-electron chi connectivity index (χ0n) is 12.2. The number of nitrogens with zero attached hydrogens (tertiary/aromatic N) is 2. The Hall–Kier alpha value is -0.690. The van der Waals surface area contributed by atoms with Crippen LogP contribution in [0, 0.1) is 5.82 Å². The largest absolute Gasteiger partial charge is 0.337 e. The van der Waals surface area contributed by atoms with Crippen LogP contribution in [0.15, 0.2) is 22.7 Å². The van der Waals surface area contributed by atoms with Crippen molar-refractivity contribution in [3.05, 3.63) is 34.1 Å². The van der Waals surface area contributed by atoms with Gasteiger partial charge in [-0.3, -0.25) is 9.69 Å². The van der Waals surface area contributed by atoms with Crippen LogP contribution in [0.1, 0.15) is 16.8 Å². The number of carbonyl (C=O) groups is 1. The molecule has 0 spiro atoms. The van der Waals surface area contributed by atoms with Crippen molar-refractivity contribution in [1.82, 2.24) is 15.1 Å². The number of likely N-dealkylation sites (tertiary alicyclic amines) is 1. The molecule has 0 aliphatic carbocycles. The monoisotopic (exact) mass is 391 g/mol. The number of benzene rings is 1. The summed E-state index contributed by atoms with van der Waals surface area (Å²) in [4.78, 5) is 16.7. The van der Waals surface area contributed by atoms with Crippen LogP contribution in [0.2, 0.25) is 0 Å². The summed E-state index contributed by atoms with van der Waals surface area (Å²) in [5.41, 5.74) is 0.427. The van der Waals surface area contributed by atoms with Gasteiger partial charge in [-0.05, 0) is 40.5 Å². The number of carbonyl (C=O) groups excluding carboxylic acids is 1. The summed E-state index contributed by atoms with van der Waals surface area (Å²) in [6, 6.07) is 5.02. The van der Waals surface area contributed by atoms with Crippen LogP contribution >= 0.6 is 28.3 Å². The van der Waals surface area contributed by atoms with Crippen LogP contribution in [-0.4, -0.2) is 61.0 Å². The zero-order valence-corrected chi connectivity index (χ0v) is 14.6. The van der Waals surface area contributed by atoms with E-state index in [2.05, 4.69) is 26.1 Å². The van der Waals surface area contributed by atoms with E-state index in [1.165, 1.54) is 6.07 Å². The molecular formula is C15H20BrClFN3O. The maximum absolute atomic E-state index is 13.6. The van der Waals surface area contributed by atoms with Crippen molar-refractivity contribution in [2.24, 2.45) is 0 Å². The van der Waals surface area contributed by atoms with Gasteiger partial charge in [0.1, 0.15) is 5.82 Å². The third kappa shape index (κ3) is 3.79. The van der Waals surface area contributed by atoms with Gasteiger partial charge >= 0.3 is 0 Å². The molecule has 1 aromatic rings. The van der Waals surface area contributed by atoms with Crippen molar-refractivity contribution in [1.29, 1.82) is 0 Å². The first-order chi connectivity index (χ1) is 10.1. The Bertz CT molecular complexity index is 540. The number of nitrogens with one attached hydrogen (secondary N) is 1. The van der Waals surface area contributed by atoms with Crippen molar-refractivity contribution in [3.8, 4) is 0 Å². The average molecular weight is 393 g/mol. The van der Waals surface area contributed by atoms with Gasteiger partial charge in [0.2, 0.25) is 0 Å². The van der Waals surface area contributed by atoms with Crippen LogP contribution in [0.5, 0.6) is 0 Å². The number of piperazine rings is 1. The molecule has 2 fully saturated rings. The quantitative estimate of drug-likeness (QED) is 0.837. The predicted molar refractivity (Wildman–Crippen MR) is 90.1 cm³/mol. The Morgan fingerprint density at radius 1 is 1.27 bits per heavy atom. The molecule has 0 radical (unpaired) electrons. The van der Waals surface area contributed by atoms with Crippen molar-refractivity contribution in [2.45, 2.75) is 12.5 Å². The van der Waals surface area contributed by atoms with Crippen LogP contribution < -0.4 is 5.32 Å². The van der Waals surface area contributed by atoms with E-state index in [1.807, 2.05) is 4.90 Å². The summed E-state index contributed by atoms with van der Waals surface area (Å²) < 4.78 is 13.9. The van der Waals surface area contributed by atoms with Crippen LogP contribution in [0.25, 0.3) is 0 Å². The third-order valence-corrected chi connectivity index (χ3v) is 4.93. The molecule has 1 aromatic carbocycles. The molecule has 0 bridgehead atoms. The van der Waals surface area contributed by atoms with Gasteiger partial charge in [0.25, 0.3) is 5.91 Å². The van der Waals surface area contributed by atoms with Crippen molar-refractivity contribution >= 4 is 34.2 Å². The number of amides is 1. The lowest BCUT2D eigenvalue weighted by molar-refractivity contribution is 0.0773. The second kappa shape index (κ2) is 7.73. The molecule has 2 aliphatic rings. The van der Waals surface area contributed by atoms with Gasteiger partial charge in [-0.25, -0.2) is 4.39 Å². The predicted octanol–water partition coefficient (Wildman–Crippen LogP) is 2.13. The summed E-state index contributed by atoms with van der Waals surface area (Å²) in [5, 5.41) is 3.34. The number of halogens is 3. The van der Waals surface area contributed by atoms with E-state index in [1.54, 1.807) is 12.1 Å². The van der Waals surface area contributed by atoms with Gasteiger partial charge in [0.05, 0.1) is 4.47 Å². The maximum Gasteiger partial charge on any atom is 0.254 e. The molecule has 3 rings (SSSR count). The standard InChI is InChI=1S/C15H19BrFN3O.ClH/c16-13-2-1-11(9-14(13)17)15(21)20-6-3-12(10-20)19-7-4-18-5-8-19;/h1-2,9,12,18H,3-8,10H2;1H. The molecule has 1 amide bonds. The van der Waals surface area contributed by atoms with Gasteiger partial charge < -0.3 is 10.2 Å². The van der Waals surface area contributed by atoms with E-state index in [-0.39, 0.29) is 18.3 Å². The molecule has 122 valence electrons. The molecule has 7 heteroatoms. The van der Waals surface area contributed by atoms with E-state index >= 15 is 0 Å². The minimum Gasteiger partial charge on any atom is -0.337 e. The number of hydrogen-bond acceptors (Lipinski definition) is 3. The molecule has 2 saturated heterocycles. The van der Waals surface area contributed by atoms with Crippen LogP contribution in [0.3, 0.4) is 0 Å². The molecular weight excluding hydrogens is 373 g/mol. The smallest absolute Gasteiger partial charge is 0.254 e. The van der Waals surface area contributed by atoms with Gasteiger partial charge in [0, 0.05) is 50.9 Å². The highest BCUT2D eigenvalue weighted by Crippen LogP contribution is 2.21. The molecule has 1 atom stereocenters. The van der Waals surface area contributed by atoms with Gasteiger partial charge in [-0.1, -0.05) is 0 Å². The first kappa shape index (κ1) is 17.7. The van der Waals surface area contributed by atoms with Crippen molar-refractivity contribution in [3.63, 3.8) is 0 Å². The molecule has 1 N–H and O–H groups in total. The molecule has 2 aliphatic heterocycles. The third-order valence-electron chi connectivity index (χ3n) is 4.29. The second-order valence-electron chi connectivity index (χ2n) is 5.61. The van der Waals surface area contributed by atoms with Crippen molar-refractivity contribution < 1.29 is 9.18 Å². The number of hydrogen-bond donors (Lipinski definition) is 1. The lowest BCUT2D eigenvalue weighted by Crippen LogP contribution is -2.49. The second-order valence-corrected chi connectivity index (χ2v) is 6.46. The maximum atomic E-state index is 13.6. The summed E-state index contributed by atoms with van der Waals surface area (Å²) in [7, 11) is 0. The van der Waals surface area contributed by atoms with Gasteiger partial charge in [0.15, 0.2) is 0 Å². The van der Waals surface area contributed by atoms with E-state index in [9.17, 15) is 9.18 Å². The van der Waals surface area contributed by atoms with E-state index < -0.39 is 5.82 Å². The zero-order chi connectivity index (χ0) is 14.8. The molecule has 2 heterocycles. The Labute approximate surface area is 144 Å². The van der Waals surface area contributed by atoms with Gasteiger partial charge in [-0.15, -0.1) is 12.4 Å². The van der Waals surface area contributed by atoms with E-state index in [4.69, 9.17) is 0 Å². The Morgan fingerprint density at radius 3 is 2.68 bits per heavy atom. The van der Waals surface area contributed by atoms with E-state index in [0.717, 1.165) is 45.7 Å². The first-order valence-electron chi connectivity index (χ1n) is 7.34. The van der Waals surface area contributed by atoms with Crippen LogP contribution in [-0.2, 0) is 0 Å². The lowest BCUT2D eigenvalue weighted by Gasteiger charge is -2.32. The molecule has 22 heavy (non-hydrogen) atoms. The normalized spacial score (nSPS) is 22.5. The summed E-state index contributed by atoms with van der Waals surface area (Å²) in [5.74, 6) is -0.460. The highest BCUT2D eigenvalue weighted by atomic mass is 79.9.